The van der Waals surface area contributed by atoms with E-state index >= 15 is 0 Å². The molecular weight excluding hydrogens is 203 g/mol. The van der Waals surface area contributed by atoms with Crippen LogP contribution in [0.25, 0.3) is 0 Å². The predicted molar refractivity (Wildman–Crippen MR) is 67.7 cm³/mol. The molecule has 0 bridgehead atoms. The van der Waals surface area contributed by atoms with Gasteiger partial charge in [-0.1, -0.05) is 12.1 Å². The van der Waals surface area contributed by atoms with Gasteiger partial charge in [0.25, 0.3) is 0 Å². The highest BCUT2D eigenvalue weighted by Gasteiger charge is 2.05. The van der Waals surface area contributed by atoms with Crippen LogP contribution in [0, 0.1) is 6.92 Å². The van der Waals surface area contributed by atoms with Crippen molar-refractivity contribution in [1.29, 1.82) is 0 Å². The van der Waals surface area contributed by atoms with Gasteiger partial charge in [0.1, 0.15) is 0 Å². The molecule has 1 aromatic carbocycles. The molecule has 0 atom stereocenters. The van der Waals surface area contributed by atoms with Crippen LogP contribution in [0.5, 0.6) is 0 Å². The van der Waals surface area contributed by atoms with E-state index in [0.29, 0.717) is 13.0 Å². The smallest absolute Gasteiger partial charge is 0.0911 e. The van der Waals surface area contributed by atoms with E-state index in [1.807, 2.05) is 6.07 Å². The number of hydrogen-bond donors (Lipinski definition) is 1. The highest BCUT2D eigenvalue weighted by molar-refractivity contribution is 5.48. The third-order valence-electron chi connectivity index (χ3n) is 2.56. The van der Waals surface area contributed by atoms with Gasteiger partial charge in [-0.05, 0) is 44.0 Å². The summed E-state index contributed by atoms with van der Waals surface area (Å²) in [5, 5.41) is 0. The molecule has 0 aliphatic heterocycles. The van der Waals surface area contributed by atoms with Crippen molar-refractivity contribution in [2.75, 3.05) is 31.2 Å². The van der Waals surface area contributed by atoms with Crippen molar-refractivity contribution in [3.8, 4) is 0 Å². The molecule has 2 N–H and O–H groups in total. The summed E-state index contributed by atoms with van der Waals surface area (Å²) in [5.41, 5.74) is 7.91. The molecule has 0 aliphatic carbocycles. The predicted octanol–water partition coefficient (Wildman–Crippen LogP) is 2.51. The Hall–Kier alpha value is -1.09. The number of nitrogens with two attached hydrogens (primary N) is 1. The zero-order valence-corrected chi connectivity index (χ0v) is 9.95. The zero-order valence-electron chi connectivity index (χ0n) is 9.95. The molecule has 0 aliphatic rings. The second-order valence-corrected chi connectivity index (χ2v) is 4.01. The average Bonchev–Trinajstić information content (AvgIpc) is 2.29. The summed E-state index contributed by atoms with van der Waals surface area (Å²) in [6.45, 7) is 4.16. The summed E-state index contributed by atoms with van der Waals surface area (Å²) < 4.78 is 12.2. The third-order valence-corrected chi connectivity index (χ3v) is 2.56. The van der Waals surface area contributed by atoms with E-state index in [9.17, 15) is 4.39 Å². The van der Waals surface area contributed by atoms with Crippen LogP contribution in [-0.2, 0) is 0 Å². The molecule has 0 unspecified atom stereocenters. The highest BCUT2D eigenvalue weighted by Crippen LogP contribution is 2.16. The first-order valence-electron chi connectivity index (χ1n) is 5.85. The molecule has 0 heterocycles. The van der Waals surface area contributed by atoms with Crippen LogP contribution in [0.4, 0.5) is 10.1 Å². The Morgan fingerprint density at radius 1 is 1.25 bits per heavy atom. The van der Waals surface area contributed by atoms with Gasteiger partial charge in [-0.15, -0.1) is 0 Å². The van der Waals surface area contributed by atoms with Gasteiger partial charge in [-0.2, -0.15) is 0 Å². The highest BCUT2D eigenvalue weighted by atomic mass is 19.1. The number of rotatable bonds is 7. The molecule has 90 valence electrons. The maximum absolute atomic E-state index is 12.2. The summed E-state index contributed by atoms with van der Waals surface area (Å²) in [5.74, 6) is 0. The number of hydrogen-bond acceptors (Lipinski definition) is 2. The molecule has 0 spiro atoms. The van der Waals surface area contributed by atoms with Crippen LogP contribution in [0.2, 0.25) is 0 Å². The fourth-order valence-electron chi connectivity index (χ4n) is 1.73. The van der Waals surface area contributed by atoms with Gasteiger partial charge in [0.2, 0.25) is 0 Å². The molecule has 0 saturated carbocycles. The molecule has 3 heteroatoms. The van der Waals surface area contributed by atoms with Crippen molar-refractivity contribution in [3.63, 3.8) is 0 Å². The van der Waals surface area contributed by atoms with E-state index in [0.717, 1.165) is 19.5 Å². The Kier molecular flexibility index (Phi) is 5.86. The first kappa shape index (κ1) is 13.0. The first-order chi connectivity index (χ1) is 7.77. The van der Waals surface area contributed by atoms with Crippen molar-refractivity contribution in [3.05, 3.63) is 29.8 Å². The first-order valence-corrected chi connectivity index (χ1v) is 5.85. The molecule has 0 saturated heterocycles. The topological polar surface area (TPSA) is 29.3 Å². The summed E-state index contributed by atoms with van der Waals surface area (Å²) in [4.78, 5) is 2.21. The Morgan fingerprint density at radius 2 is 2.00 bits per heavy atom. The van der Waals surface area contributed by atoms with Crippen LogP contribution < -0.4 is 10.6 Å². The molecule has 0 aromatic heterocycles. The van der Waals surface area contributed by atoms with Gasteiger partial charge in [-0.3, -0.25) is 4.39 Å². The van der Waals surface area contributed by atoms with E-state index in [1.54, 1.807) is 0 Å². The molecule has 0 amide bonds. The minimum absolute atomic E-state index is 0.259. The summed E-state index contributed by atoms with van der Waals surface area (Å²) in [7, 11) is 0. The largest absolute Gasteiger partial charge is 0.371 e. The standard InChI is InChI=1S/C13H21FN2/c1-12-5-2-6-13(11-12)16(9-3-7-14)10-4-8-15/h2,5-6,11H,3-4,7-10,15H2,1H3. The number of alkyl halides is 1. The molecule has 2 nitrogen and oxygen atoms in total. The van der Waals surface area contributed by atoms with Crippen LogP contribution in [0.3, 0.4) is 0 Å². The van der Waals surface area contributed by atoms with E-state index < -0.39 is 0 Å². The van der Waals surface area contributed by atoms with Gasteiger partial charge >= 0.3 is 0 Å². The minimum atomic E-state index is -0.259. The average molecular weight is 224 g/mol. The fourth-order valence-corrected chi connectivity index (χ4v) is 1.73. The van der Waals surface area contributed by atoms with Crippen molar-refractivity contribution in [1.82, 2.24) is 0 Å². The lowest BCUT2D eigenvalue weighted by Gasteiger charge is -2.24. The van der Waals surface area contributed by atoms with Gasteiger partial charge < -0.3 is 10.6 Å². The van der Waals surface area contributed by atoms with Crippen LogP contribution >= 0.6 is 0 Å². The number of halogens is 1. The fraction of sp³-hybridized carbons (Fsp3) is 0.538. The number of nitrogens with zero attached hydrogens (tertiary/aromatic N) is 1. The Bertz CT molecular complexity index is 294. The van der Waals surface area contributed by atoms with E-state index in [4.69, 9.17) is 5.73 Å². The maximum atomic E-state index is 12.2. The van der Waals surface area contributed by atoms with Crippen molar-refractivity contribution in [2.45, 2.75) is 19.8 Å². The van der Waals surface area contributed by atoms with E-state index in [2.05, 4.69) is 30.0 Å². The van der Waals surface area contributed by atoms with E-state index in [1.165, 1.54) is 11.3 Å². The summed E-state index contributed by atoms with van der Waals surface area (Å²) >= 11 is 0. The summed E-state index contributed by atoms with van der Waals surface area (Å²) in [6.07, 6.45) is 1.53. The second kappa shape index (κ2) is 7.23. The van der Waals surface area contributed by atoms with E-state index in [-0.39, 0.29) is 6.67 Å². The van der Waals surface area contributed by atoms with Crippen molar-refractivity contribution in [2.24, 2.45) is 5.73 Å². The normalized spacial score (nSPS) is 10.4. The molecule has 1 rings (SSSR count). The SMILES string of the molecule is Cc1cccc(N(CCCN)CCCF)c1. The lowest BCUT2D eigenvalue weighted by atomic mass is 10.2. The quantitative estimate of drug-likeness (QED) is 0.771. The van der Waals surface area contributed by atoms with Crippen molar-refractivity contribution >= 4 is 5.69 Å². The zero-order chi connectivity index (χ0) is 11.8. The molecule has 16 heavy (non-hydrogen) atoms. The monoisotopic (exact) mass is 224 g/mol. The Labute approximate surface area is 97.3 Å². The van der Waals surface area contributed by atoms with Gasteiger partial charge in [0, 0.05) is 18.8 Å². The lowest BCUT2D eigenvalue weighted by molar-refractivity contribution is 0.470. The second-order valence-electron chi connectivity index (χ2n) is 4.01. The van der Waals surface area contributed by atoms with Crippen molar-refractivity contribution < 1.29 is 4.39 Å². The Morgan fingerprint density at radius 3 is 2.62 bits per heavy atom. The lowest BCUT2D eigenvalue weighted by Crippen LogP contribution is -2.27. The van der Waals surface area contributed by atoms with Crippen LogP contribution in [0.1, 0.15) is 18.4 Å². The molecular formula is C13H21FN2. The maximum Gasteiger partial charge on any atom is 0.0911 e. The molecule has 1 aromatic rings. The van der Waals surface area contributed by atoms with Crippen LogP contribution in [0.15, 0.2) is 24.3 Å². The third kappa shape index (κ3) is 4.19. The Balaban J connectivity index is 2.66. The summed E-state index contributed by atoms with van der Waals surface area (Å²) in [6, 6.07) is 8.31. The minimum Gasteiger partial charge on any atom is -0.371 e. The number of anilines is 1. The van der Waals surface area contributed by atoms with Gasteiger partial charge in [0.05, 0.1) is 6.67 Å². The number of aryl methyl sites for hydroxylation is 1. The van der Waals surface area contributed by atoms with Gasteiger partial charge in [0.15, 0.2) is 0 Å². The van der Waals surface area contributed by atoms with Crippen LogP contribution in [-0.4, -0.2) is 26.3 Å². The number of benzene rings is 1. The van der Waals surface area contributed by atoms with Gasteiger partial charge in [-0.25, -0.2) is 0 Å². The molecule has 0 fully saturated rings. The molecule has 0 radical (unpaired) electrons.